The highest BCUT2D eigenvalue weighted by Gasteiger charge is 2.58. The number of thiazole rings is 1. The Labute approximate surface area is 460 Å². The fraction of sp³-hybridized carbons (Fsp3) is 0.194. The Hall–Kier alpha value is -8.04. The number of carbonyl (C=O) groups excluding carboxylic acids is 4. The summed E-state index contributed by atoms with van der Waals surface area (Å²) in [4.78, 5) is 70.3. The second-order valence-corrected chi connectivity index (χ2v) is 21.5. The number of hydrogen-bond acceptors (Lipinski definition) is 12. The van der Waals surface area contributed by atoms with Gasteiger partial charge >= 0.3 is 11.9 Å². The Kier molecular flexibility index (Phi) is 15.7. The number of amides is 2. The molecule has 7 aromatic carbocycles. The summed E-state index contributed by atoms with van der Waals surface area (Å²) >= 11 is 9.23. The van der Waals surface area contributed by atoms with Crippen LogP contribution in [0.4, 0.5) is 5.13 Å². The van der Waals surface area contributed by atoms with Crippen molar-refractivity contribution in [3.8, 4) is 0 Å². The van der Waals surface area contributed by atoms with Crippen LogP contribution in [0.15, 0.2) is 223 Å². The number of esters is 2. The van der Waals surface area contributed by atoms with Crippen LogP contribution < -0.4 is 10.6 Å². The van der Waals surface area contributed by atoms with E-state index in [1.54, 1.807) is 10.3 Å². The Morgan fingerprint density at radius 1 is 0.675 bits per heavy atom. The molecule has 77 heavy (non-hydrogen) atoms. The van der Waals surface area contributed by atoms with Crippen molar-refractivity contribution in [1.29, 1.82) is 0 Å². The number of halogens is 1. The molecule has 0 aliphatic carbocycles. The lowest BCUT2D eigenvalue weighted by Crippen LogP contribution is -2.74. The second-order valence-electron chi connectivity index (χ2n) is 19.3. The largest absolute Gasteiger partial charge is 0.452 e. The fourth-order valence-electron chi connectivity index (χ4n) is 9.53. The molecule has 388 valence electrons. The van der Waals surface area contributed by atoms with Crippen molar-refractivity contribution in [3.63, 3.8) is 0 Å². The molecule has 2 aliphatic rings. The maximum atomic E-state index is 14.9. The van der Waals surface area contributed by atoms with E-state index in [-0.39, 0.29) is 29.6 Å². The third-order valence-corrected chi connectivity index (χ3v) is 16.6. The smallest absolute Gasteiger partial charge is 0.353 e. The SMILES string of the molecule is CC(C)(ON=C(C(=O)NC1C(=O)N2CC(CCl)(C(=O)OC(c3ccccc3)c3ccccc3)CS[C@H]12)c1csc(NC(c2ccccc2)(c2ccccc2)c2ccccc2)n1)C(=O)OC(c1ccccc1)c1ccccc1. The number of aromatic nitrogens is 1. The van der Waals surface area contributed by atoms with Crippen molar-refractivity contribution < 1.29 is 33.5 Å². The van der Waals surface area contributed by atoms with Gasteiger partial charge in [-0.1, -0.05) is 217 Å². The molecule has 2 unspecified atom stereocenters. The van der Waals surface area contributed by atoms with E-state index in [9.17, 15) is 19.2 Å². The molecule has 15 heteroatoms. The molecule has 12 nitrogen and oxygen atoms in total. The number of thioether (sulfide) groups is 1. The highest BCUT2D eigenvalue weighted by molar-refractivity contribution is 8.00. The van der Waals surface area contributed by atoms with Crippen LogP contribution in [0.3, 0.4) is 0 Å². The quantitative estimate of drug-likeness (QED) is 0.0200. The van der Waals surface area contributed by atoms with Crippen molar-refractivity contribution in [1.82, 2.24) is 15.2 Å². The Morgan fingerprint density at radius 2 is 1.10 bits per heavy atom. The fourth-order valence-corrected chi connectivity index (χ4v) is 12.2. The number of alkyl halides is 1. The van der Waals surface area contributed by atoms with Gasteiger partial charge in [0.05, 0.1) is 0 Å². The van der Waals surface area contributed by atoms with Gasteiger partial charge in [-0.15, -0.1) is 34.7 Å². The maximum absolute atomic E-state index is 14.9. The standard InChI is InChI=1S/C62H54ClN5O7S2/c1-60(2,57(71)73-52(42-24-10-3-11-25-42)43-26-12-4-13-27-43)75-67-50(49-38-76-59(64-49)66-62(46-32-18-7-19-33-46,47-34-20-8-21-35-47)48-36-22-9-23-37-48)54(69)65-51-55(70)68-40-61(39-63,41-77-56(51)68)58(72)74-53(44-28-14-5-15-29-44)45-30-16-6-17-31-45/h3-38,51-53,56H,39-41H2,1-2H3,(H,64,66)(H,65,69)/t51?,56-,61?/m1/s1. The summed E-state index contributed by atoms with van der Waals surface area (Å²) in [6.45, 7) is 2.99. The van der Waals surface area contributed by atoms with Crippen LogP contribution in [-0.2, 0) is 39.0 Å². The minimum absolute atomic E-state index is 0.0189. The average Bonchev–Trinajstić information content (AvgIpc) is 4.01. The minimum Gasteiger partial charge on any atom is -0.452 e. The number of nitrogens with zero attached hydrogens (tertiary/aromatic N) is 3. The van der Waals surface area contributed by atoms with Gasteiger partial charge < -0.3 is 29.8 Å². The summed E-state index contributed by atoms with van der Waals surface area (Å²) in [5, 5.41) is 12.6. The summed E-state index contributed by atoms with van der Waals surface area (Å²) in [6, 6.07) is 66.7. The van der Waals surface area contributed by atoms with Crippen LogP contribution in [0, 0.1) is 5.41 Å². The number of hydrogen-bond donors (Lipinski definition) is 2. The summed E-state index contributed by atoms with van der Waals surface area (Å²) in [7, 11) is 0. The number of nitrogens with one attached hydrogen (secondary N) is 2. The lowest BCUT2D eigenvalue weighted by molar-refractivity contribution is -0.172. The number of fused-ring (bicyclic) bond motifs is 1. The van der Waals surface area contributed by atoms with Crippen LogP contribution in [0.2, 0.25) is 0 Å². The molecule has 8 aromatic rings. The first kappa shape index (κ1) is 52.4. The van der Waals surface area contributed by atoms with Crippen molar-refractivity contribution in [2.75, 3.05) is 23.5 Å². The van der Waals surface area contributed by atoms with Crippen LogP contribution in [-0.4, -0.2) is 74.5 Å². The van der Waals surface area contributed by atoms with Gasteiger partial charge in [0.1, 0.15) is 28.1 Å². The van der Waals surface area contributed by atoms with E-state index >= 15 is 0 Å². The highest BCUT2D eigenvalue weighted by Crippen LogP contribution is 2.45. The summed E-state index contributed by atoms with van der Waals surface area (Å²) in [6.07, 6.45) is -1.49. The van der Waals surface area contributed by atoms with Gasteiger partial charge in [0.15, 0.2) is 23.1 Å². The van der Waals surface area contributed by atoms with Crippen LogP contribution in [0.5, 0.6) is 0 Å². The zero-order chi connectivity index (χ0) is 53.4. The number of anilines is 1. The molecule has 0 bridgehead atoms. The zero-order valence-electron chi connectivity index (χ0n) is 42.1. The number of rotatable bonds is 19. The zero-order valence-corrected chi connectivity index (χ0v) is 44.5. The van der Waals surface area contributed by atoms with Gasteiger partial charge in [-0.05, 0) is 52.8 Å². The lowest BCUT2D eigenvalue weighted by atomic mass is 9.77. The normalized spacial score (nSPS) is 17.4. The van der Waals surface area contributed by atoms with E-state index < -0.39 is 63.9 Å². The number of β-lactam (4-membered cyclic amide) rings is 1. The third-order valence-electron chi connectivity index (χ3n) is 13.7. The minimum atomic E-state index is -1.74. The predicted molar refractivity (Wildman–Crippen MR) is 301 cm³/mol. The molecule has 2 aliphatic heterocycles. The van der Waals surface area contributed by atoms with E-state index in [0.29, 0.717) is 5.13 Å². The Bertz CT molecular complexity index is 3170. The van der Waals surface area contributed by atoms with E-state index in [1.807, 2.05) is 212 Å². The monoisotopic (exact) mass is 1080 g/mol. The lowest BCUT2D eigenvalue weighted by Gasteiger charge is -2.53. The van der Waals surface area contributed by atoms with E-state index in [2.05, 4.69) is 15.8 Å². The van der Waals surface area contributed by atoms with Crippen LogP contribution in [0.1, 0.15) is 70.7 Å². The molecule has 1 aromatic heterocycles. The van der Waals surface area contributed by atoms with E-state index in [4.69, 9.17) is 30.9 Å². The molecule has 3 atom stereocenters. The van der Waals surface area contributed by atoms with Crippen molar-refractivity contribution in [3.05, 3.63) is 262 Å². The molecule has 2 fully saturated rings. The van der Waals surface area contributed by atoms with Gasteiger partial charge in [-0.2, -0.15) is 0 Å². The molecule has 3 heterocycles. The number of oxime groups is 1. The van der Waals surface area contributed by atoms with E-state index in [0.717, 1.165) is 38.9 Å². The molecule has 10 rings (SSSR count). The summed E-state index contributed by atoms with van der Waals surface area (Å²) < 4.78 is 12.5. The highest BCUT2D eigenvalue weighted by atomic mass is 35.5. The maximum Gasteiger partial charge on any atom is 0.353 e. The van der Waals surface area contributed by atoms with Gasteiger partial charge in [0.25, 0.3) is 5.91 Å². The Balaban J connectivity index is 0.938. The van der Waals surface area contributed by atoms with Crippen molar-refractivity contribution >= 4 is 69.3 Å². The van der Waals surface area contributed by atoms with Gasteiger partial charge in [-0.25, -0.2) is 9.78 Å². The molecule has 2 saturated heterocycles. The van der Waals surface area contributed by atoms with Crippen molar-refractivity contribution in [2.24, 2.45) is 10.6 Å². The van der Waals surface area contributed by atoms with Gasteiger partial charge in [0, 0.05) is 23.6 Å². The number of benzene rings is 7. The molecule has 0 saturated carbocycles. The average molecular weight is 1080 g/mol. The summed E-state index contributed by atoms with van der Waals surface area (Å²) in [5.41, 5.74) is 1.76. The molecule has 2 N–H and O–H groups in total. The topological polar surface area (TPSA) is 149 Å². The second kappa shape index (κ2) is 23.1. The molecule has 2 amide bonds. The van der Waals surface area contributed by atoms with Crippen LogP contribution in [0.25, 0.3) is 0 Å². The van der Waals surface area contributed by atoms with Gasteiger partial charge in [0.2, 0.25) is 11.5 Å². The number of carbonyl (C=O) groups is 4. The third kappa shape index (κ3) is 11.0. The first-order valence-electron chi connectivity index (χ1n) is 25.1. The van der Waals surface area contributed by atoms with Crippen LogP contribution >= 0.6 is 34.7 Å². The first-order valence-corrected chi connectivity index (χ1v) is 27.5. The number of ether oxygens (including phenoxy) is 2. The van der Waals surface area contributed by atoms with Crippen molar-refractivity contribution in [2.45, 2.75) is 48.6 Å². The molecular formula is C62H54ClN5O7S2. The van der Waals surface area contributed by atoms with Gasteiger partial charge in [-0.3, -0.25) is 14.4 Å². The van der Waals surface area contributed by atoms with E-state index in [1.165, 1.54) is 36.9 Å². The molecule has 0 spiro atoms. The molecular weight excluding hydrogens is 1030 g/mol. The molecule has 0 radical (unpaired) electrons. The summed E-state index contributed by atoms with van der Waals surface area (Å²) in [5.74, 6) is -2.37. The first-order chi connectivity index (χ1) is 37.5. The Morgan fingerprint density at radius 3 is 1.55 bits per heavy atom. The predicted octanol–water partition coefficient (Wildman–Crippen LogP) is 11.3.